The number of aliphatic carboxylic acids is 1. The molecule has 0 spiro atoms. The smallest absolute Gasteiger partial charge is 0.312 e. The van der Waals surface area contributed by atoms with Crippen molar-refractivity contribution < 1.29 is 24.2 Å². The highest BCUT2D eigenvalue weighted by Gasteiger charge is 2.39. The van der Waals surface area contributed by atoms with Crippen molar-refractivity contribution in [2.75, 3.05) is 19.8 Å². The van der Waals surface area contributed by atoms with E-state index in [9.17, 15) is 9.59 Å². The standard InChI is InChI=1S/C8H12O5/c1-2-13-8(11)6-4-12-3-5(6)7(9)10/h5-6H,2-4H2,1H3,(H,9,10). The Morgan fingerprint density at radius 3 is 2.62 bits per heavy atom. The molecule has 0 saturated carbocycles. The molecule has 0 amide bonds. The molecular weight excluding hydrogens is 176 g/mol. The number of rotatable bonds is 3. The SMILES string of the molecule is CCOC(=O)C1COCC1C(=O)O. The zero-order valence-corrected chi connectivity index (χ0v) is 7.36. The van der Waals surface area contributed by atoms with E-state index in [0.717, 1.165) is 0 Å². The van der Waals surface area contributed by atoms with Gasteiger partial charge in [0, 0.05) is 0 Å². The van der Waals surface area contributed by atoms with Crippen molar-refractivity contribution in [3.63, 3.8) is 0 Å². The van der Waals surface area contributed by atoms with E-state index in [4.69, 9.17) is 14.6 Å². The summed E-state index contributed by atoms with van der Waals surface area (Å²) in [5.74, 6) is -2.88. The second-order valence-corrected chi connectivity index (χ2v) is 2.84. The van der Waals surface area contributed by atoms with Crippen LogP contribution in [0.15, 0.2) is 0 Å². The summed E-state index contributed by atoms with van der Waals surface area (Å²) in [6.07, 6.45) is 0. The van der Waals surface area contributed by atoms with Crippen molar-refractivity contribution in [3.05, 3.63) is 0 Å². The maximum atomic E-state index is 11.2. The lowest BCUT2D eigenvalue weighted by Gasteiger charge is -2.11. The lowest BCUT2D eigenvalue weighted by atomic mass is 9.96. The molecule has 0 radical (unpaired) electrons. The van der Waals surface area contributed by atoms with Crippen LogP contribution in [0.5, 0.6) is 0 Å². The summed E-state index contributed by atoms with van der Waals surface area (Å²) in [5, 5.41) is 8.71. The van der Waals surface area contributed by atoms with Crippen LogP contribution in [-0.4, -0.2) is 36.9 Å². The average Bonchev–Trinajstić information content (AvgIpc) is 2.52. The Kier molecular flexibility index (Phi) is 3.25. The maximum absolute atomic E-state index is 11.2. The monoisotopic (exact) mass is 188 g/mol. The quantitative estimate of drug-likeness (QED) is 0.626. The number of carboxylic acids is 1. The molecule has 0 aromatic heterocycles. The van der Waals surface area contributed by atoms with Crippen LogP contribution in [0.2, 0.25) is 0 Å². The molecule has 1 aliphatic rings. The molecular formula is C8H12O5. The van der Waals surface area contributed by atoms with Crippen LogP contribution in [0.1, 0.15) is 6.92 Å². The van der Waals surface area contributed by atoms with Gasteiger partial charge < -0.3 is 14.6 Å². The Balaban J connectivity index is 2.57. The minimum Gasteiger partial charge on any atom is -0.481 e. The molecule has 0 aliphatic carbocycles. The molecule has 0 bridgehead atoms. The molecule has 1 aliphatic heterocycles. The average molecular weight is 188 g/mol. The molecule has 1 rings (SSSR count). The van der Waals surface area contributed by atoms with Gasteiger partial charge in [-0.15, -0.1) is 0 Å². The third-order valence-corrected chi connectivity index (χ3v) is 1.99. The molecule has 1 saturated heterocycles. The fourth-order valence-electron chi connectivity index (χ4n) is 1.28. The molecule has 2 unspecified atom stereocenters. The first-order valence-corrected chi connectivity index (χ1v) is 4.14. The van der Waals surface area contributed by atoms with Gasteiger partial charge in [-0.1, -0.05) is 0 Å². The van der Waals surface area contributed by atoms with Crippen molar-refractivity contribution >= 4 is 11.9 Å². The lowest BCUT2D eigenvalue weighted by Crippen LogP contribution is -2.29. The number of carbonyl (C=O) groups is 2. The normalized spacial score (nSPS) is 27.2. The van der Waals surface area contributed by atoms with E-state index in [0.29, 0.717) is 0 Å². The van der Waals surface area contributed by atoms with Gasteiger partial charge in [-0.05, 0) is 6.92 Å². The Labute approximate surface area is 75.6 Å². The third kappa shape index (κ3) is 2.18. The summed E-state index contributed by atoms with van der Waals surface area (Å²) in [6, 6.07) is 0. The van der Waals surface area contributed by atoms with Crippen molar-refractivity contribution in [2.45, 2.75) is 6.92 Å². The molecule has 1 fully saturated rings. The summed E-state index contributed by atoms with van der Waals surface area (Å²) >= 11 is 0. The van der Waals surface area contributed by atoms with E-state index in [1.807, 2.05) is 0 Å². The summed E-state index contributed by atoms with van der Waals surface area (Å²) < 4.78 is 9.64. The molecule has 1 N–H and O–H groups in total. The first-order chi connectivity index (χ1) is 6.16. The first kappa shape index (κ1) is 9.98. The predicted molar refractivity (Wildman–Crippen MR) is 42.1 cm³/mol. The van der Waals surface area contributed by atoms with Crippen LogP contribution in [0.3, 0.4) is 0 Å². The van der Waals surface area contributed by atoms with Gasteiger partial charge >= 0.3 is 11.9 Å². The van der Waals surface area contributed by atoms with E-state index >= 15 is 0 Å². The number of ether oxygens (including phenoxy) is 2. The van der Waals surface area contributed by atoms with Crippen molar-refractivity contribution in [1.29, 1.82) is 0 Å². The largest absolute Gasteiger partial charge is 0.481 e. The summed E-state index contributed by atoms with van der Waals surface area (Å²) in [5.41, 5.74) is 0. The predicted octanol–water partition coefficient (Wildman–Crippen LogP) is -0.103. The van der Waals surface area contributed by atoms with Crippen LogP contribution in [0, 0.1) is 11.8 Å². The van der Waals surface area contributed by atoms with Gasteiger partial charge in [0.15, 0.2) is 0 Å². The Morgan fingerprint density at radius 1 is 1.46 bits per heavy atom. The van der Waals surface area contributed by atoms with E-state index in [1.54, 1.807) is 6.92 Å². The Morgan fingerprint density at radius 2 is 2.08 bits per heavy atom. The molecule has 0 aromatic rings. The van der Waals surface area contributed by atoms with Gasteiger partial charge in [0.25, 0.3) is 0 Å². The highest BCUT2D eigenvalue weighted by molar-refractivity contribution is 5.81. The molecule has 74 valence electrons. The maximum Gasteiger partial charge on any atom is 0.312 e. The molecule has 1 heterocycles. The van der Waals surface area contributed by atoms with E-state index in [2.05, 4.69) is 0 Å². The van der Waals surface area contributed by atoms with Gasteiger partial charge in [0.1, 0.15) is 0 Å². The minimum atomic E-state index is -1.00. The zero-order valence-electron chi connectivity index (χ0n) is 7.36. The number of carboxylic acid groups (broad SMARTS) is 1. The van der Waals surface area contributed by atoms with E-state index < -0.39 is 23.8 Å². The number of carbonyl (C=O) groups excluding carboxylic acids is 1. The van der Waals surface area contributed by atoms with E-state index in [1.165, 1.54) is 0 Å². The van der Waals surface area contributed by atoms with Crippen LogP contribution < -0.4 is 0 Å². The summed E-state index contributed by atoms with van der Waals surface area (Å²) in [4.78, 5) is 21.8. The van der Waals surface area contributed by atoms with Crippen molar-refractivity contribution in [1.82, 2.24) is 0 Å². The van der Waals surface area contributed by atoms with E-state index in [-0.39, 0.29) is 19.8 Å². The highest BCUT2D eigenvalue weighted by Crippen LogP contribution is 2.22. The first-order valence-electron chi connectivity index (χ1n) is 4.14. The third-order valence-electron chi connectivity index (χ3n) is 1.99. The lowest BCUT2D eigenvalue weighted by molar-refractivity contribution is -0.155. The zero-order chi connectivity index (χ0) is 9.84. The van der Waals surface area contributed by atoms with Gasteiger partial charge in [-0.25, -0.2) is 0 Å². The van der Waals surface area contributed by atoms with Gasteiger partial charge in [-0.2, -0.15) is 0 Å². The topological polar surface area (TPSA) is 72.8 Å². The fourth-order valence-corrected chi connectivity index (χ4v) is 1.28. The number of hydrogen-bond donors (Lipinski definition) is 1. The minimum absolute atomic E-state index is 0.0960. The fraction of sp³-hybridized carbons (Fsp3) is 0.750. The van der Waals surface area contributed by atoms with Crippen LogP contribution in [0.25, 0.3) is 0 Å². The Hall–Kier alpha value is -1.10. The molecule has 5 nitrogen and oxygen atoms in total. The second-order valence-electron chi connectivity index (χ2n) is 2.84. The van der Waals surface area contributed by atoms with Crippen molar-refractivity contribution in [2.24, 2.45) is 11.8 Å². The molecule has 0 aromatic carbocycles. The number of hydrogen-bond acceptors (Lipinski definition) is 4. The van der Waals surface area contributed by atoms with Crippen molar-refractivity contribution in [3.8, 4) is 0 Å². The molecule has 13 heavy (non-hydrogen) atoms. The summed E-state index contributed by atoms with van der Waals surface area (Å²) in [6.45, 7) is 2.19. The highest BCUT2D eigenvalue weighted by atomic mass is 16.5. The van der Waals surface area contributed by atoms with Gasteiger partial charge in [-0.3, -0.25) is 9.59 Å². The Bertz CT molecular complexity index is 213. The van der Waals surface area contributed by atoms with Gasteiger partial charge in [0.2, 0.25) is 0 Å². The van der Waals surface area contributed by atoms with Crippen LogP contribution >= 0.6 is 0 Å². The van der Waals surface area contributed by atoms with Gasteiger partial charge in [0.05, 0.1) is 31.7 Å². The molecule has 2 atom stereocenters. The number of esters is 1. The summed E-state index contributed by atoms with van der Waals surface area (Å²) in [7, 11) is 0. The van der Waals surface area contributed by atoms with Crippen LogP contribution in [0.4, 0.5) is 0 Å². The van der Waals surface area contributed by atoms with Crippen LogP contribution in [-0.2, 0) is 19.1 Å². The second kappa shape index (κ2) is 4.23. The molecule has 5 heteroatoms.